The van der Waals surface area contributed by atoms with E-state index >= 15 is 0 Å². The van der Waals surface area contributed by atoms with Crippen LogP contribution < -0.4 is 19.5 Å². The number of fused-ring (bicyclic) bond motifs is 1. The van der Waals surface area contributed by atoms with Gasteiger partial charge in [-0.15, -0.1) is 0 Å². The second-order valence-electron chi connectivity index (χ2n) is 6.69. The first-order valence-electron chi connectivity index (χ1n) is 9.49. The molecule has 1 aliphatic rings. The molecule has 1 aliphatic carbocycles. The average Bonchev–Trinajstić information content (AvgIpc) is 2.71. The van der Waals surface area contributed by atoms with Crippen molar-refractivity contribution >= 4 is 5.91 Å². The number of carbonyl (C=O) groups excluding carboxylic acids is 1. The molecule has 0 aliphatic heterocycles. The van der Waals surface area contributed by atoms with E-state index in [2.05, 4.69) is 17.4 Å². The molecule has 0 heterocycles. The molecule has 144 valence electrons. The molecule has 1 N–H and O–H groups in total. The van der Waals surface area contributed by atoms with E-state index in [1.165, 1.54) is 24.0 Å². The number of para-hydroxylation sites is 2. The topological polar surface area (TPSA) is 56.8 Å². The largest absolute Gasteiger partial charge is 0.493 e. The number of methoxy groups -OCH3 is 1. The number of rotatable bonds is 8. The standard InChI is InChI=1S/C22H27NO4/c1-16(27-19-12-11-17-7-3-4-8-18(17)15-19)22(24)23-13-14-26-21-10-6-5-9-20(21)25-2/h5-6,9-12,15-16H,3-4,7-8,13-14H2,1-2H3,(H,23,24)/t16-/m1/s1. The number of hydrogen-bond acceptors (Lipinski definition) is 4. The first-order chi connectivity index (χ1) is 13.2. The fraction of sp³-hybridized carbons (Fsp3) is 0.409. The molecule has 2 aromatic carbocycles. The van der Waals surface area contributed by atoms with E-state index in [0.717, 1.165) is 18.6 Å². The molecule has 0 unspecified atom stereocenters. The van der Waals surface area contributed by atoms with Gasteiger partial charge in [0.2, 0.25) is 0 Å². The van der Waals surface area contributed by atoms with Gasteiger partial charge in [0.05, 0.1) is 13.7 Å². The molecular formula is C22H27NO4. The van der Waals surface area contributed by atoms with E-state index in [4.69, 9.17) is 14.2 Å². The first-order valence-corrected chi connectivity index (χ1v) is 9.49. The zero-order valence-corrected chi connectivity index (χ0v) is 16.0. The minimum atomic E-state index is -0.557. The van der Waals surface area contributed by atoms with Gasteiger partial charge in [0.25, 0.3) is 5.91 Å². The van der Waals surface area contributed by atoms with Gasteiger partial charge in [0.1, 0.15) is 12.4 Å². The molecule has 5 nitrogen and oxygen atoms in total. The second kappa shape index (κ2) is 9.31. The summed E-state index contributed by atoms with van der Waals surface area (Å²) >= 11 is 0. The molecule has 0 bridgehead atoms. The van der Waals surface area contributed by atoms with Crippen LogP contribution in [0.15, 0.2) is 42.5 Å². The van der Waals surface area contributed by atoms with Gasteiger partial charge in [-0.2, -0.15) is 0 Å². The van der Waals surface area contributed by atoms with E-state index in [0.29, 0.717) is 24.7 Å². The van der Waals surface area contributed by atoms with Crippen molar-refractivity contribution in [3.63, 3.8) is 0 Å². The van der Waals surface area contributed by atoms with Crippen molar-refractivity contribution in [3.8, 4) is 17.2 Å². The molecule has 2 aromatic rings. The Morgan fingerprint density at radius 1 is 1.07 bits per heavy atom. The Balaban J connectivity index is 1.44. The van der Waals surface area contributed by atoms with Crippen molar-refractivity contribution in [2.24, 2.45) is 0 Å². The summed E-state index contributed by atoms with van der Waals surface area (Å²) in [6, 6.07) is 13.6. The second-order valence-corrected chi connectivity index (χ2v) is 6.69. The van der Waals surface area contributed by atoms with E-state index in [1.54, 1.807) is 14.0 Å². The van der Waals surface area contributed by atoms with Crippen molar-refractivity contribution in [1.82, 2.24) is 5.32 Å². The minimum absolute atomic E-state index is 0.156. The van der Waals surface area contributed by atoms with Crippen molar-refractivity contribution in [2.75, 3.05) is 20.3 Å². The van der Waals surface area contributed by atoms with Gasteiger partial charge in [0.15, 0.2) is 17.6 Å². The van der Waals surface area contributed by atoms with E-state index in [1.807, 2.05) is 30.3 Å². The van der Waals surface area contributed by atoms with Gasteiger partial charge >= 0.3 is 0 Å². The molecule has 0 fully saturated rings. The molecule has 0 spiro atoms. The number of aryl methyl sites for hydroxylation is 2. The lowest BCUT2D eigenvalue weighted by Crippen LogP contribution is -2.38. The summed E-state index contributed by atoms with van der Waals surface area (Å²) in [7, 11) is 1.60. The highest BCUT2D eigenvalue weighted by Gasteiger charge is 2.16. The maximum atomic E-state index is 12.3. The summed E-state index contributed by atoms with van der Waals surface area (Å²) in [5.41, 5.74) is 2.75. The lowest BCUT2D eigenvalue weighted by atomic mass is 9.92. The maximum absolute atomic E-state index is 12.3. The Labute approximate surface area is 160 Å². The highest BCUT2D eigenvalue weighted by molar-refractivity contribution is 5.80. The summed E-state index contributed by atoms with van der Waals surface area (Å²) in [5, 5.41) is 2.84. The van der Waals surface area contributed by atoms with Gasteiger partial charge in [-0.3, -0.25) is 4.79 Å². The van der Waals surface area contributed by atoms with Crippen LogP contribution in [0.2, 0.25) is 0 Å². The van der Waals surface area contributed by atoms with Crippen molar-refractivity contribution < 1.29 is 19.0 Å². The van der Waals surface area contributed by atoms with Crippen LogP contribution in [0.4, 0.5) is 0 Å². The summed E-state index contributed by atoms with van der Waals surface area (Å²) in [4.78, 5) is 12.3. The monoisotopic (exact) mass is 369 g/mol. The van der Waals surface area contributed by atoms with Crippen LogP contribution in [0.25, 0.3) is 0 Å². The van der Waals surface area contributed by atoms with Crippen LogP contribution >= 0.6 is 0 Å². The Kier molecular flexibility index (Phi) is 6.58. The van der Waals surface area contributed by atoms with E-state index in [9.17, 15) is 4.79 Å². The third-order valence-electron chi connectivity index (χ3n) is 4.73. The molecule has 0 saturated heterocycles. The molecule has 1 atom stereocenters. The Morgan fingerprint density at radius 2 is 1.81 bits per heavy atom. The Bertz CT molecular complexity index is 775. The number of ether oxygens (including phenoxy) is 3. The lowest BCUT2D eigenvalue weighted by Gasteiger charge is -2.19. The third-order valence-corrected chi connectivity index (χ3v) is 4.73. The highest BCUT2D eigenvalue weighted by atomic mass is 16.5. The zero-order valence-electron chi connectivity index (χ0n) is 16.0. The van der Waals surface area contributed by atoms with Crippen LogP contribution in [0, 0.1) is 0 Å². The lowest BCUT2D eigenvalue weighted by molar-refractivity contribution is -0.127. The van der Waals surface area contributed by atoms with E-state index in [-0.39, 0.29) is 5.91 Å². The normalized spacial score (nSPS) is 14.0. The predicted octanol–water partition coefficient (Wildman–Crippen LogP) is 3.54. The number of hydrogen-bond donors (Lipinski definition) is 1. The van der Waals surface area contributed by atoms with Crippen molar-refractivity contribution in [3.05, 3.63) is 53.6 Å². The molecular weight excluding hydrogens is 342 g/mol. The molecule has 0 saturated carbocycles. The average molecular weight is 369 g/mol. The molecule has 1 amide bonds. The first kappa shape index (κ1) is 19.1. The number of carbonyl (C=O) groups is 1. The van der Waals surface area contributed by atoms with Gasteiger partial charge < -0.3 is 19.5 Å². The number of benzene rings is 2. The summed E-state index contributed by atoms with van der Waals surface area (Å²) in [5.74, 6) is 1.93. The summed E-state index contributed by atoms with van der Waals surface area (Å²) in [6.45, 7) is 2.52. The smallest absolute Gasteiger partial charge is 0.260 e. The van der Waals surface area contributed by atoms with Gasteiger partial charge in [0, 0.05) is 0 Å². The van der Waals surface area contributed by atoms with Crippen LogP contribution in [-0.2, 0) is 17.6 Å². The fourth-order valence-corrected chi connectivity index (χ4v) is 3.26. The Hall–Kier alpha value is -2.69. The predicted molar refractivity (Wildman–Crippen MR) is 105 cm³/mol. The molecule has 5 heteroatoms. The van der Waals surface area contributed by atoms with Gasteiger partial charge in [-0.25, -0.2) is 0 Å². The van der Waals surface area contributed by atoms with Gasteiger partial charge in [-0.1, -0.05) is 18.2 Å². The highest BCUT2D eigenvalue weighted by Crippen LogP contribution is 2.26. The van der Waals surface area contributed by atoms with Crippen molar-refractivity contribution in [2.45, 2.75) is 38.7 Å². The van der Waals surface area contributed by atoms with Gasteiger partial charge in [-0.05, 0) is 68.0 Å². The number of amides is 1. The SMILES string of the molecule is COc1ccccc1OCCNC(=O)[C@@H](C)Oc1ccc2c(c1)CCCC2. The Morgan fingerprint density at radius 3 is 2.59 bits per heavy atom. The zero-order chi connectivity index (χ0) is 19.1. The quantitative estimate of drug-likeness (QED) is 0.723. The van der Waals surface area contributed by atoms with Crippen LogP contribution in [0.1, 0.15) is 30.9 Å². The van der Waals surface area contributed by atoms with E-state index < -0.39 is 6.10 Å². The van der Waals surface area contributed by atoms with Crippen molar-refractivity contribution in [1.29, 1.82) is 0 Å². The van der Waals surface area contributed by atoms with Crippen LogP contribution in [0.5, 0.6) is 17.2 Å². The van der Waals surface area contributed by atoms with Crippen LogP contribution in [0.3, 0.4) is 0 Å². The minimum Gasteiger partial charge on any atom is -0.493 e. The summed E-state index contributed by atoms with van der Waals surface area (Å²) in [6.07, 6.45) is 4.14. The molecule has 3 rings (SSSR count). The molecule has 0 aromatic heterocycles. The third kappa shape index (κ3) is 5.16. The number of nitrogens with one attached hydrogen (secondary N) is 1. The molecule has 0 radical (unpaired) electrons. The summed E-state index contributed by atoms with van der Waals surface area (Å²) < 4.78 is 16.7. The molecule has 27 heavy (non-hydrogen) atoms. The maximum Gasteiger partial charge on any atom is 0.260 e. The fourth-order valence-electron chi connectivity index (χ4n) is 3.26. The van der Waals surface area contributed by atoms with Crippen LogP contribution in [-0.4, -0.2) is 32.3 Å².